The molecule has 23 heavy (non-hydrogen) atoms. The molecule has 0 aromatic heterocycles. The van der Waals surface area contributed by atoms with Crippen LogP contribution < -0.4 is 15.4 Å². The topological polar surface area (TPSA) is 89.7 Å². The van der Waals surface area contributed by atoms with E-state index in [0.717, 1.165) is 4.90 Å². The van der Waals surface area contributed by atoms with Gasteiger partial charge in [0.15, 0.2) is 0 Å². The largest absolute Gasteiger partial charge is 0.423 e. The molecule has 0 unspecified atom stereocenters. The molecule has 1 heterocycles. The summed E-state index contributed by atoms with van der Waals surface area (Å²) in [5.74, 6) is -0.986. The third-order valence-corrected chi connectivity index (χ3v) is 3.26. The molecular weight excluding hydrogens is 296 g/mol. The van der Waals surface area contributed by atoms with E-state index in [0.29, 0.717) is 22.7 Å². The first kappa shape index (κ1) is 14.5. The van der Waals surface area contributed by atoms with Crippen LogP contribution in [0.3, 0.4) is 0 Å². The van der Waals surface area contributed by atoms with Gasteiger partial charge in [-0.3, -0.25) is 9.59 Å². The molecule has 0 saturated carbocycles. The molecule has 6 heteroatoms. The average molecular weight is 308 g/mol. The van der Waals surface area contributed by atoms with Crippen LogP contribution in [0.2, 0.25) is 0 Å². The Labute approximate surface area is 131 Å². The first-order valence-corrected chi connectivity index (χ1v) is 6.78. The number of carbonyl (C=O) groups is 3. The third kappa shape index (κ3) is 2.96. The fourth-order valence-electron chi connectivity index (χ4n) is 2.10. The summed E-state index contributed by atoms with van der Waals surface area (Å²) in [7, 11) is 0. The van der Waals surface area contributed by atoms with Crippen LogP contribution in [-0.4, -0.2) is 17.8 Å². The summed E-state index contributed by atoms with van der Waals surface area (Å²) in [5, 5.41) is 0. The van der Waals surface area contributed by atoms with Crippen LogP contribution >= 0.6 is 0 Å². The fourth-order valence-corrected chi connectivity index (χ4v) is 2.10. The van der Waals surface area contributed by atoms with Crippen molar-refractivity contribution in [1.82, 2.24) is 0 Å². The van der Waals surface area contributed by atoms with Crippen molar-refractivity contribution in [1.29, 1.82) is 0 Å². The highest BCUT2D eigenvalue weighted by atomic mass is 16.5. The van der Waals surface area contributed by atoms with E-state index in [1.807, 2.05) is 0 Å². The summed E-state index contributed by atoms with van der Waals surface area (Å²) in [6, 6.07) is 12.5. The number of hydrogen-bond acceptors (Lipinski definition) is 5. The molecule has 0 fully saturated rings. The molecule has 2 N–H and O–H groups in total. The number of imide groups is 1. The molecule has 0 aliphatic carbocycles. The number of carbonyl (C=O) groups excluding carboxylic acids is 3. The molecule has 0 bridgehead atoms. The predicted octanol–water partition coefficient (Wildman–Crippen LogP) is 1.92. The van der Waals surface area contributed by atoms with Gasteiger partial charge in [0.05, 0.1) is 11.3 Å². The number of esters is 1. The van der Waals surface area contributed by atoms with Crippen LogP contribution in [0.15, 0.2) is 60.7 Å². The average Bonchev–Trinajstić information content (AvgIpc) is 2.88. The maximum absolute atomic E-state index is 12.0. The summed E-state index contributed by atoms with van der Waals surface area (Å²) in [4.78, 5) is 36.2. The Kier molecular flexibility index (Phi) is 3.64. The summed E-state index contributed by atoms with van der Waals surface area (Å²) >= 11 is 0. The van der Waals surface area contributed by atoms with Gasteiger partial charge < -0.3 is 10.5 Å². The smallest absolute Gasteiger partial charge is 0.343 e. The van der Waals surface area contributed by atoms with Crippen LogP contribution in [0.1, 0.15) is 10.4 Å². The first-order chi connectivity index (χ1) is 11.0. The molecule has 1 aliphatic heterocycles. The molecular formula is C17H12N2O4. The maximum atomic E-state index is 12.0. The molecule has 0 saturated heterocycles. The van der Waals surface area contributed by atoms with Gasteiger partial charge in [0.25, 0.3) is 11.8 Å². The summed E-state index contributed by atoms with van der Waals surface area (Å²) in [6.45, 7) is 0. The fraction of sp³-hybridized carbons (Fsp3) is 0. The highest BCUT2D eigenvalue weighted by Crippen LogP contribution is 2.20. The first-order valence-electron chi connectivity index (χ1n) is 6.78. The monoisotopic (exact) mass is 308 g/mol. The number of nitrogens with two attached hydrogens (primary N) is 1. The standard InChI is InChI=1S/C17H12N2O4/c18-12-3-7-14(8-4-12)23-17(22)11-1-5-13(6-2-11)19-15(20)9-10-16(19)21/h1-10H,18H2. The van der Waals surface area contributed by atoms with E-state index in [-0.39, 0.29) is 0 Å². The van der Waals surface area contributed by atoms with Gasteiger partial charge in [0.1, 0.15) is 5.75 Å². The number of amides is 2. The zero-order valence-electron chi connectivity index (χ0n) is 11.9. The number of hydrogen-bond donors (Lipinski definition) is 1. The van der Waals surface area contributed by atoms with Crippen molar-refractivity contribution in [2.24, 2.45) is 0 Å². The summed E-state index contributed by atoms with van der Waals surface area (Å²) in [6.07, 6.45) is 2.40. The predicted molar refractivity (Wildman–Crippen MR) is 83.9 cm³/mol. The van der Waals surface area contributed by atoms with Gasteiger partial charge >= 0.3 is 5.97 Å². The molecule has 0 spiro atoms. The molecule has 2 aromatic carbocycles. The SMILES string of the molecule is Nc1ccc(OC(=O)c2ccc(N3C(=O)C=CC3=O)cc2)cc1. The molecule has 3 rings (SSSR count). The van der Waals surface area contributed by atoms with Crippen molar-refractivity contribution in [2.75, 3.05) is 10.6 Å². The number of nitrogen functional groups attached to an aromatic ring is 1. The van der Waals surface area contributed by atoms with E-state index in [2.05, 4.69) is 0 Å². The lowest BCUT2D eigenvalue weighted by atomic mass is 10.2. The summed E-state index contributed by atoms with van der Waals surface area (Å²) < 4.78 is 5.21. The van der Waals surface area contributed by atoms with Gasteiger partial charge in [-0.2, -0.15) is 0 Å². The maximum Gasteiger partial charge on any atom is 0.343 e. The molecule has 2 aromatic rings. The second kappa shape index (κ2) is 5.76. The number of ether oxygens (including phenoxy) is 1. The van der Waals surface area contributed by atoms with E-state index < -0.39 is 17.8 Å². The number of anilines is 2. The molecule has 2 amide bonds. The zero-order valence-corrected chi connectivity index (χ0v) is 11.9. The van der Waals surface area contributed by atoms with Gasteiger partial charge in [-0.25, -0.2) is 9.69 Å². The van der Waals surface area contributed by atoms with E-state index >= 15 is 0 Å². The highest BCUT2D eigenvalue weighted by Gasteiger charge is 2.25. The Morgan fingerprint density at radius 2 is 1.43 bits per heavy atom. The third-order valence-electron chi connectivity index (χ3n) is 3.26. The molecule has 6 nitrogen and oxygen atoms in total. The van der Waals surface area contributed by atoms with Crippen molar-refractivity contribution in [3.63, 3.8) is 0 Å². The minimum atomic E-state index is -0.543. The van der Waals surface area contributed by atoms with Gasteiger partial charge in [0.2, 0.25) is 0 Å². The Morgan fingerprint density at radius 1 is 0.870 bits per heavy atom. The molecule has 0 radical (unpaired) electrons. The van der Waals surface area contributed by atoms with Gasteiger partial charge in [0, 0.05) is 17.8 Å². The number of benzene rings is 2. The lowest BCUT2D eigenvalue weighted by Crippen LogP contribution is -2.29. The molecule has 1 aliphatic rings. The Morgan fingerprint density at radius 3 is 2.00 bits per heavy atom. The second-order valence-electron chi connectivity index (χ2n) is 4.85. The van der Waals surface area contributed by atoms with Crippen molar-refractivity contribution in [2.45, 2.75) is 0 Å². The molecule has 114 valence electrons. The van der Waals surface area contributed by atoms with Crippen LogP contribution in [0.5, 0.6) is 5.75 Å². The zero-order chi connectivity index (χ0) is 16.4. The number of nitrogens with zero attached hydrogens (tertiary/aromatic N) is 1. The number of rotatable bonds is 3. The van der Waals surface area contributed by atoms with Crippen LogP contribution in [0.4, 0.5) is 11.4 Å². The minimum absolute atomic E-state index is 0.303. The quantitative estimate of drug-likeness (QED) is 0.405. The lowest BCUT2D eigenvalue weighted by molar-refractivity contribution is -0.119. The second-order valence-corrected chi connectivity index (χ2v) is 4.85. The van der Waals surface area contributed by atoms with Crippen LogP contribution in [-0.2, 0) is 9.59 Å². The Bertz CT molecular complexity index is 789. The van der Waals surface area contributed by atoms with Crippen molar-refractivity contribution in [3.8, 4) is 5.75 Å². The van der Waals surface area contributed by atoms with Gasteiger partial charge in [-0.1, -0.05) is 0 Å². The minimum Gasteiger partial charge on any atom is -0.423 e. The van der Waals surface area contributed by atoms with E-state index in [9.17, 15) is 14.4 Å². The van der Waals surface area contributed by atoms with Crippen molar-refractivity contribution < 1.29 is 19.1 Å². The van der Waals surface area contributed by atoms with E-state index in [1.54, 1.807) is 24.3 Å². The van der Waals surface area contributed by atoms with E-state index in [1.165, 1.54) is 36.4 Å². The molecule has 0 atom stereocenters. The Hall–Kier alpha value is -3.41. The van der Waals surface area contributed by atoms with E-state index in [4.69, 9.17) is 10.5 Å². The van der Waals surface area contributed by atoms with Crippen molar-refractivity contribution in [3.05, 3.63) is 66.2 Å². The lowest BCUT2D eigenvalue weighted by Gasteiger charge is -2.13. The van der Waals surface area contributed by atoms with Crippen molar-refractivity contribution >= 4 is 29.2 Å². The Balaban J connectivity index is 1.74. The van der Waals surface area contributed by atoms with Gasteiger partial charge in [-0.15, -0.1) is 0 Å². The van der Waals surface area contributed by atoms with Gasteiger partial charge in [-0.05, 0) is 48.5 Å². The summed E-state index contributed by atoms with van der Waals surface area (Å²) in [5.41, 5.74) is 6.83. The highest BCUT2D eigenvalue weighted by molar-refractivity contribution is 6.28. The van der Waals surface area contributed by atoms with Crippen LogP contribution in [0.25, 0.3) is 0 Å². The normalized spacial score (nSPS) is 13.5. The van der Waals surface area contributed by atoms with Crippen LogP contribution in [0, 0.1) is 0 Å².